The second-order valence-corrected chi connectivity index (χ2v) is 5.96. The van der Waals surface area contributed by atoms with Crippen LogP contribution < -0.4 is 5.56 Å². The van der Waals surface area contributed by atoms with Gasteiger partial charge >= 0.3 is 0 Å². The van der Waals surface area contributed by atoms with Crippen LogP contribution in [0.5, 0.6) is 0 Å². The maximum absolute atomic E-state index is 12.6. The van der Waals surface area contributed by atoms with E-state index >= 15 is 0 Å². The highest BCUT2D eigenvalue weighted by Crippen LogP contribution is 2.26. The Hall–Kier alpha value is -2.80. The Morgan fingerprint density at radius 3 is 2.83 bits per heavy atom. The van der Waals surface area contributed by atoms with E-state index in [0.717, 1.165) is 17.0 Å². The minimum atomic E-state index is -0.122. The standard InChI is InChI=1S/C16H12N4O2S/c1-10-7-12(22-18-10)8-20-9-17-14-13(11-5-3-2-4-6-11)19-23-15(14)16(20)21/h2-7,9H,8H2,1H3. The van der Waals surface area contributed by atoms with Crippen molar-refractivity contribution < 1.29 is 4.52 Å². The summed E-state index contributed by atoms with van der Waals surface area (Å²) < 4.78 is 11.6. The summed E-state index contributed by atoms with van der Waals surface area (Å²) in [6.07, 6.45) is 1.53. The number of rotatable bonds is 3. The molecule has 0 unspecified atom stereocenters. The number of hydrogen-bond acceptors (Lipinski definition) is 6. The molecule has 0 spiro atoms. The van der Waals surface area contributed by atoms with Crippen LogP contribution in [-0.2, 0) is 6.54 Å². The monoisotopic (exact) mass is 324 g/mol. The van der Waals surface area contributed by atoms with Crippen LogP contribution >= 0.6 is 11.5 Å². The van der Waals surface area contributed by atoms with E-state index in [1.54, 1.807) is 6.07 Å². The van der Waals surface area contributed by atoms with E-state index in [0.29, 0.717) is 22.5 Å². The lowest BCUT2D eigenvalue weighted by molar-refractivity contribution is 0.371. The molecule has 0 amide bonds. The molecule has 3 aromatic heterocycles. The Bertz CT molecular complexity index is 1030. The summed E-state index contributed by atoms with van der Waals surface area (Å²) in [6.45, 7) is 2.15. The molecule has 4 aromatic rings. The topological polar surface area (TPSA) is 73.8 Å². The molecule has 0 aliphatic carbocycles. The summed E-state index contributed by atoms with van der Waals surface area (Å²) in [6, 6.07) is 11.5. The summed E-state index contributed by atoms with van der Waals surface area (Å²) in [5.41, 5.74) is 2.99. The van der Waals surface area contributed by atoms with Crippen LogP contribution in [0.4, 0.5) is 0 Å². The van der Waals surface area contributed by atoms with E-state index in [1.807, 2.05) is 37.3 Å². The first-order valence-corrected chi connectivity index (χ1v) is 7.82. The molecule has 3 heterocycles. The predicted octanol–water partition coefficient (Wildman–Crippen LogP) is 2.86. The van der Waals surface area contributed by atoms with Crippen molar-refractivity contribution in [3.05, 3.63) is 64.5 Å². The number of aromatic nitrogens is 4. The van der Waals surface area contributed by atoms with Crippen LogP contribution in [0.1, 0.15) is 11.5 Å². The average molecular weight is 324 g/mol. The molecular formula is C16H12N4O2S. The smallest absolute Gasteiger partial charge is 0.273 e. The van der Waals surface area contributed by atoms with E-state index < -0.39 is 0 Å². The maximum atomic E-state index is 12.6. The van der Waals surface area contributed by atoms with Gasteiger partial charge in [0, 0.05) is 11.6 Å². The molecule has 0 aliphatic heterocycles. The number of hydrogen-bond donors (Lipinski definition) is 0. The van der Waals surface area contributed by atoms with Crippen LogP contribution in [0.25, 0.3) is 21.5 Å². The van der Waals surface area contributed by atoms with Gasteiger partial charge in [-0.2, -0.15) is 4.37 Å². The zero-order valence-corrected chi connectivity index (χ0v) is 13.1. The van der Waals surface area contributed by atoms with Gasteiger partial charge in [-0.3, -0.25) is 9.36 Å². The molecule has 0 saturated carbocycles. The lowest BCUT2D eigenvalue weighted by Gasteiger charge is -2.02. The fraction of sp³-hybridized carbons (Fsp3) is 0.125. The van der Waals surface area contributed by atoms with Gasteiger partial charge in [0.05, 0.1) is 18.6 Å². The zero-order valence-electron chi connectivity index (χ0n) is 12.3. The van der Waals surface area contributed by atoms with E-state index in [2.05, 4.69) is 14.5 Å². The average Bonchev–Trinajstić information content (AvgIpc) is 3.17. The number of nitrogens with zero attached hydrogens (tertiary/aromatic N) is 4. The molecule has 6 nitrogen and oxygen atoms in total. The molecule has 0 saturated heterocycles. The first-order valence-electron chi connectivity index (χ1n) is 7.05. The van der Waals surface area contributed by atoms with Gasteiger partial charge in [0.1, 0.15) is 15.9 Å². The number of aryl methyl sites for hydroxylation is 1. The van der Waals surface area contributed by atoms with E-state index in [-0.39, 0.29) is 5.56 Å². The summed E-state index contributed by atoms with van der Waals surface area (Å²) in [7, 11) is 0. The van der Waals surface area contributed by atoms with Crippen LogP contribution in [-0.4, -0.2) is 19.1 Å². The third-order valence-corrected chi connectivity index (χ3v) is 4.32. The van der Waals surface area contributed by atoms with Gasteiger partial charge in [0.2, 0.25) is 0 Å². The fourth-order valence-corrected chi connectivity index (χ4v) is 3.22. The molecule has 0 aliphatic rings. The first-order chi connectivity index (χ1) is 11.2. The van der Waals surface area contributed by atoms with Crippen LogP contribution in [0.3, 0.4) is 0 Å². The zero-order chi connectivity index (χ0) is 15.8. The molecule has 0 radical (unpaired) electrons. The van der Waals surface area contributed by atoms with Crippen molar-refractivity contribution >= 4 is 21.7 Å². The molecule has 0 fully saturated rings. The molecule has 4 rings (SSSR count). The van der Waals surface area contributed by atoms with Gasteiger partial charge in [-0.05, 0) is 18.5 Å². The minimum absolute atomic E-state index is 0.122. The van der Waals surface area contributed by atoms with Crippen molar-refractivity contribution in [2.24, 2.45) is 0 Å². The van der Waals surface area contributed by atoms with Crippen LogP contribution in [0.15, 0.2) is 52.0 Å². The second-order valence-electron chi connectivity index (χ2n) is 5.19. The molecular weight excluding hydrogens is 312 g/mol. The molecule has 0 atom stereocenters. The Kier molecular flexibility index (Phi) is 3.27. The Morgan fingerprint density at radius 2 is 2.09 bits per heavy atom. The first kappa shape index (κ1) is 13.8. The third kappa shape index (κ3) is 2.44. The summed E-state index contributed by atoms with van der Waals surface area (Å²) >= 11 is 1.17. The van der Waals surface area contributed by atoms with E-state index in [1.165, 1.54) is 22.4 Å². The molecule has 114 valence electrons. The predicted molar refractivity (Wildman–Crippen MR) is 87.5 cm³/mol. The van der Waals surface area contributed by atoms with Crippen molar-refractivity contribution in [1.29, 1.82) is 0 Å². The molecule has 0 N–H and O–H groups in total. The molecule has 0 bridgehead atoms. The number of fused-ring (bicyclic) bond motifs is 1. The summed E-state index contributed by atoms with van der Waals surface area (Å²) in [5.74, 6) is 0.624. The lowest BCUT2D eigenvalue weighted by atomic mass is 10.1. The summed E-state index contributed by atoms with van der Waals surface area (Å²) in [4.78, 5) is 17.0. The largest absolute Gasteiger partial charge is 0.359 e. The highest BCUT2D eigenvalue weighted by molar-refractivity contribution is 7.13. The lowest BCUT2D eigenvalue weighted by Crippen LogP contribution is -2.20. The third-order valence-electron chi connectivity index (χ3n) is 3.50. The molecule has 1 aromatic carbocycles. The molecule has 23 heavy (non-hydrogen) atoms. The normalized spacial score (nSPS) is 11.2. The molecule has 7 heteroatoms. The van der Waals surface area contributed by atoms with E-state index in [9.17, 15) is 4.79 Å². The van der Waals surface area contributed by atoms with Gasteiger partial charge in [0.25, 0.3) is 5.56 Å². The Labute approximate surface area is 135 Å². The highest BCUT2D eigenvalue weighted by Gasteiger charge is 2.14. The van der Waals surface area contributed by atoms with Gasteiger partial charge in [-0.1, -0.05) is 35.5 Å². The quantitative estimate of drug-likeness (QED) is 0.579. The number of benzene rings is 1. The Morgan fingerprint density at radius 1 is 1.26 bits per heavy atom. The Balaban J connectivity index is 1.79. The second kappa shape index (κ2) is 5.44. The minimum Gasteiger partial charge on any atom is -0.359 e. The van der Waals surface area contributed by atoms with Crippen molar-refractivity contribution in [2.45, 2.75) is 13.5 Å². The van der Waals surface area contributed by atoms with Crippen molar-refractivity contribution in [1.82, 2.24) is 19.1 Å². The van der Waals surface area contributed by atoms with Crippen LogP contribution in [0.2, 0.25) is 0 Å². The fourth-order valence-electron chi connectivity index (χ4n) is 2.41. The van der Waals surface area contributed by atoms with Gasteiger partial charge in [0.15, 0.2) is 5.76 Å². The van der Waals surface area contributed by atoms with E-state index in [4.69, 9.17) is 4.52 Å². The highest BCUT2D eigenvalue weighted by atomic mass is 32.1. The van der Waals surface area contributed by atoms with Gasteiger partial charge in [-0.25, -0.2) is 4.98 Å². The van der Waals surface area contributed by atoms with Crippen molar-refractivity contribution in [3.63, 3.8) is 0 Å². The van der Waals surface area contributed by atoms with Crippen LogP contribution in [0, 0.1) is 6.92 Å². The van der Waals surface area contributed by atoms with Crippen molar-refractivity contribution in [2.75, 3.05) is 0 Å². The van der Waals surface area contributed by atoms with Gasteiger partial charge in [-0.15, -0.1) is 0 Å². The summed E-state index contributed by atoms with van der Waals surface area (Å²) in [5, 5.41) is 3.83. The maximum Gasteiger partial charge on any atom is 0.273 e. The van der Waals surface area contributed by atoms with Gasteiger partial charge < -0.3 is 4.52 Å². The van der Waals surface area contributed by atoms with Crippen molar-refractivity contribution in [3.8, 4) is 11.3 Å². The SMILES string of the molecule is Cc1cc(Cn2cnc3c(-c4ccccc4)nsc3c2=O)on1.